The first-order valence-corrected chi connectivity index (χ1v) is 9.68. The summed E-state index contributed by atoms with van der Waals surface area (Å²) in [5, 5.41) is 15.7. The van der Waals surface area contributed by atoms with Gasteiger partial charge in [-0.25, -0.2) is 4.98 Å². The molecule has 0 aromatic carbocycles. The molecular weight excluding hydrogens is 336 g/mol. The zero-order valence-electron chi connectivity index (χ0n) is 11.9. The molecule has 1 saturated carbocycles. The standard InChI is InChI=1S/C14H14N4OS3/c1-8-2-5-11(19-8)12-15-10(6-20-12)7-21-14-18-17-13(22-14)16-9-3-4-9/h2,5-6,9H,3-4,7H2,1H3,(H,16,17). The highest BCUT2D eigenvalue weighted by molar-refractivity contribution is 8.00. The molecule has 0 radical (unpaired) electrons. The Balaban J connectivity index is 1.37. The lowest BCUT2D eigenvalue weighted by molar-refractivity contribution is 0.548. The monoisotopic (exact) mass is 350 g/mol. The third-order valence-corrected chi connectivity index (χ3v) is 6.08. The molecule has 8 heteroatoms. The Labute approximate surface area is 140 Å². The number of aryl methyl sites for hydroxylation is 1. The highest BCUT2D eigenvalue weighted by Gasteiger charge is 2.22. The van der Waals surface area contributed by atoms with Crippen molar-refractivity contribution in [1.29, 1.82) is 0 Å². The minimum atomic E-state index is 0.614. The molecule has 0 unspecified atom stereocenters. The van der Waals surface area contributed by atoms with Crippen molar-refractivity contribution in [2.75, 3.05) is 5.32 Å². The van der Waals surface area contributed by atoms with Crippen LogP contribution < -0.4 is 5.32 Å². The molecule has 0 bridgehead atoms. The Morgan fingerprint density at radius 1 is 1.36 bits per heavy atom. The van der Waals surface area contributed by atoms with Gasteiger partial charge in [-0.1, -0.05) is 23.1 Å². The second kappa shape index (κ2) is 6.02. The Bertz CT molecular complexity index is 775. The third kappa shape index (κ3) is 3.34. The number of nitrogens with one attached hydrogen (secondary N) is 1. The fourth-order valence-corrected chi connectivity index (χ4v) is 4.51. The molecule has 0 aliphatic heterocycles. The smallest absolute Gasteiger partial charge is 0.206 e. The third-order valence-electron chi connectivity index (χ3n) is 3.16. The van der Waals surface area contributed by atoms with E-state index in [1.54, 1.807) is 34.4 Å². The van der Waals surface area contributed by atoms with Crippen molar-refractivity contribution in [2.45, 2.75) is 35.9 Å². The average molecular weight is 350 g/mol. The van der Waals surface area contributed by atoms with Crippen LogP contribution in [0.2, 0.25) is 0 Å². The van der Waals surface area contributed by atoms with Gasteiger partial charge in [0.15, 0.2) is 15.1 Å². The van der Waals surface area contributed by atoms with Gasteiger partial charge in [0.25, 0.3) is 0 Å². The highest BCUT2D eigenvalue weighted by Crippen LogP contribution is 2.33. The van der Waals surface area contributed by atoms with E-state index in [9.17, 15) is 0 Å². The number of anilines is 1. The summed E-state index contributed by atoms with van der Waals surface area (Å²) < 4.78 is 6.58. The molecule has 0 saturated heterocycles. The van der Waals surface area contributed by atoms with Crippen LogP contribution in [0.25, 0.3) is 10.8 Å². The predicted octanol–water partition coefficient (Wildman–Crippen LogP) is 4.43. The lowest BCUT2D eigenvalue weighted by Crippen LogP contribution is -1.99. The summed E-state index contributed by atoms with van der Waals surface area (Å²) in [6.45, 7) is 1.94. The van der Waals surface area contributed by atoms with Crippen molar-refractivity contribution >= 4 is 39.6 Å². The van der Waals surface area contributed by atoms with Gasteiger partial charge in [0.2, 0.25) is 5.13 Å². The normalized spacial score (nSPS) is 14.4. The Hall–Kier alpha value is -1.38. The lowest BCUT2D eigenvalue weighted by atomic mass is 10.4. The summed E-state index contributed by atoms with van der Waals surface area (Å²) in [6, 6.07) is 4.54. The van der Waals surface area contributed by atoms with Crippen LogP contribution in [0.15, 0.2) is 26.3 Å². The van der Waals surface area contributed by atoms with Crippen molar-refractivity contribution in [3.63, 3.8) is 0 Å². The summed E-state index contributed by atoms with van der Waals surface area (Å²) in [6.07, 6.45) is 2.49. The first kappa shape index (κ1) is 14.2. The number of rotatable bonds is 6. The molecule has 3 aromatic rings. The maximum atomic E-state index is 5.60. The topological polar surface area (TPSA) is 63.8 Å². The lowest BCUT2D eigenvalue weighted by Gasteiger charge is -1.94. The predicted molar refractivity (Wildman–Crippen MR) is 90.7 cm³/mol. The van der Waals surface area contributed by atoms with Gasteiger partial charge in [0, 0.05) is 17.2 Å². The number of thiazole rings is 1. The minimum Gasteiger partial charge on any atom is -0.459 e. The van der Waals surface area contributed by atoms with Gasteiger partial charge in [0.05, 0.1) is 5.69 Å². The van der Waals surface area contributed by atoms with Crippen LogP contribution in [0.4, 0.5) is 5.13 Å². The zero-order chi connectivity index (χ0) is 14.9. The van der Waals surface area contributed by atoms with Crippen LogP contribution in [0.5, 0.6) is 0 Å². The molecule has 1 fully saturated rings. The summed E-state index contributed by atoms with van der Waals surface area (Å²) >= 11 is 4.90. The Morgan fingerprint density at radius 3 is 3.05 bits per heavy atom. The summed E-state index contributed by atoms with van der Waals surface area (Å²) in [7, 11) is 0. The van der Waals surface area contributed by atoms with E-state index in [2.05, 4.69) is 25.9 Å². The summed E-state index contributed by atoms with van der Waals surface area (Å²) in [5.41, 5.74) is 1.05. The largest absolute Gasteiger partial charge is 0.459 e. The number of hydrogen-bond donors (Lipinski definition) is 1. The van der Waals surface area contributed by atoms with Crippen molar-refractivity contribution in [3.8, 4) is 10.8 Å². The molecule has 0 atom stereocenters. The van der Waals surface area contributed by atoms with E-state index in [0.29, 0.717) is 6.04 Å². The first-order valence-electron chi connectivity index (χ1n) is 7.00. The average Bonchev–Trinajstić information content (AvgIpc) is 2.93. The van der Waals surface area contributed by atoms with E-state index in [-0.39, 0.29) is 0 Å². The highest BCUT2D eigenvalue weighted by atomic mass is 32.2. The van der Waals surface area contributed by atoms with Gasteiger partial charge in [-0.2, -0.15) is 0 Å². The molecule has 114 valence electrons. The summed E-state index contributed by atoms with van der Waals surface area (Å²) in [4.78, 5) is 4.62. The van der Waals surface area contributed by atoms with Crippen LogP contribution in [0.1, 0.15) is 24.3 Å². The van der Waals surface area contributed by atoms with Crippen molar-refractivity contribution < 1.29 is 4.42 Å². The Kier molecular flexibility index (Phi) is 3.89. The maximum absolute atomic E-state index is 5.60. The van der Waals surface area contributed by atoms with Gasteiger partial charge in [0.1, 0.15) is 5.76 Å². The van der Waals surface area contributed by atoms with Gasteiger partial charge >= 0.3 is 0 Å². The van der Waals surface area contributed by atoms with Gasteiger partial charge in [-0.15, -0.1) is 21.5 Å². The molecule has 22 heavy (non-hydrogen) atoms. The van der Waals surface area contributed by atoms with Crippen LogP contribution in [-0.2, 0) is 5.75 Å². The van der Waals surface area contributed by atoms with E-state index in [4.69, 9.17) is 4.42 Å². The van der Waals surface area contributed by atoms with Gasteiger partial charge in [-0.05, 0) is 31.9 Å². The molecule has 4 rings (SSSR count). The SMILES string of the molecule is Cc1ccc(-c2nc(CSc3nnc(NC4CC4)s3)cs2)o1. The van der Waals surface area contributed by atoms with E-state index in [1.807, 2.05) is 19.1 Å². The summed E-state index contributed by atoms with van der Waals surface area (Å²) in [5.74, 6) is 2.55. The van der Waals surface area contributed by atoms with Crippen LogP contribution in [-0.4, -0.2) is 21.2 Å². The van der Waals surface area contributed by atoms with Crippen molar-refractivity contribution in [2.24, 2.45) is 0 Å². The number of aromatic nitrogens is 3. The fourth-order valence-electron chi connectivity index (χ4n) is 1.90. The number of furan rings is 1. The van der Waals surface area contributed by atoms with E-state index >= 15 is 0 Å². The molecule has 0 spiro atoms. The maximum Gasteiger partial charge on any atom is 0.206 e. The number of hydrogen-bond acceptors (Lipinski definition) is 8. The second-order valence-corrected chi connectivity index (χ2v) is 8.19. The molecule has 1 aliphatic carbocycles. The van der Waals surface area contributed by atoms with E-state index in [1.165, 1.54) is 12.8 Å². The van der Waals surface area contributed by atoms with E-state index < -0.39 is 0 Å². The second-order valence-electron chi connectivity index (χ2n) is 5.13. The van der Waals surface area contributed by atoms with Crippen LogP contribution in [0, 0.1) is 6.92 Å². The fraction of sp³-hybridized carbons (Fsp3) is 0.357. The van der Waals surface area contributed by atoms with Crippen LogP contribution >= 0.6 is 34.4 Å². The number of nitrogens with zero attached hydrogens (tertiary/aromatic N) is 3. The first-order chi connectivity index (χ1) is 10.8. The van der Waals surface area contributed by atoms with Crippen molar-refractivity contribution in [1.82, 2.24) is 15.2 Å². The zero-order valence-corrected chi connectivity index (χ0v) is 14.4. The minimum absolute atomic E-state index is 0.614. The molecular formula is C14H14N4OS3. The molecule has 5 nitrogen and oxygen atoms in total. The van der Waals surface area contributed by atoms with Gasteiger partial charge < -0.3 is 9.73 Å². The van der Waals surface area contributed by atoms with Crippen molar-refractivity contribution in [3.05, 3.63) is 29.0 Å². The molecule has 3 heterocycles. The molecule has 1 N–H and O–H groups in total. The molecule has 3 aromatic heterocycles. The van der Waals surface area contributed by atoms with Crippen LogP contribution in [0.3, 0.4) is 0 Å². The Morgan fingerprint density at radius 2 is 2.27 bits per heavy atom. The molecule has 0 amide bonds. The van der Waals surface area contributed by atoms with E-state index in [0.717, 1.165) is 37.4 Å². The number of thioether (sulfide) groups is 1. The quantitative estimate of drug-likeness (QED) is 0.664. The molecule has 1 aliphatic rings. The van der Waals surface area contributed by atoms with Gasteiger partial charge in [-0.3, -0.25) is 0 Å².